The van der Waals surface area contributed by atoms with Crippen LogP contribution in [0.5, 0.6) is 0 Å². The predicted octanol–water partition coefficient (Wildman–Crippen LogP) is 12.8. The molecule has 0 aromatic heterocycles. The van der Waals surface area contributed by atoms with E-state index < -0.39 is 50.8 Å². The summed E-state index contributed by atoms with van der Waals surface area (Å²) in [4.78, 5) is 34.5. The number of aliphatic carboxylic acids is 1. The number of carboxylic acids is 2. The second-order valence-electron chi connectivity index (χ2n) is 12.9. The summed E-state index contributed by atoms with van der Waals surface area (Å²) >= 11 is 23.3. The minimum atomic E-state index is -4.63. The quantitative estimate of drug-likeness (QED) is 0.110. The molecule has 0 radical (unpaired) electrons. The lowest BCUT2D eigenvalue weighted by atomic mass is 9.91. The van der Waals surface area contributed by atoms with Gasteiger partial charge >= 0.3 is 18.1 Å². The first-order chi connectivity index (χ1) is 22.3. The summed E-state index contributed by atoms with van der Waals surface area (Å²) in [7, 11) is 0. The maximum Gasteiger partial charge on any atom is 0.416 e. The van der Waals surface area contributed by atoms with Crippen molar-refractivity contribution in [2.24, 2.45) is 23.7 Å². The zero-order valence-corrected chi connectivity index (χ0v) is 31.0. The number of aromatic carboxylic acids is 1. The van der Waals surface area contributed by atoms with Gasteiger partial charge in [0.25, 0.3) is 5.91 Å². The molecule has 2 aromatic carbocycles. The molecule has 0 aliphatic rings. The first-order valence-electron chi connectivity index (χ1n) is 16.1. The highest BCUT2D eigenvalue weighted by Crippen LogP contribution is 2.42. The summed E-state index contributed by atoms with van der Waals surface area (Å²) in [5.74, 6) is -0.563. The van der Waals surface area contributed by atoms with Gasteiger partial charge in [-0.25, -0.2) is 4.79 Å². The molecule has 3 unspecified atom stereocenters. The van der Waals surface area contributed by atoms with Crippen LogP contribution in [0.2, 0.25) is 20.1 Å². The van der Waals surface area contributed by atoms with Crippen LogP contribution in [0, 0.1) is 23.7 Å². The van der Waals surface area contributed by atoms with E-state index in [9.17, 15) is 32.7 Å². The van der Waals surface area contributed by atoms with Crippen LogP contribution >= 0.6 is 46.4 Å². The predicted molar refractivity (Wildman–Crippen MR) is 189 cm³/mol. The molecule has 3 N–H and O–H groups in total. The highest BCUT2D eigenvalue weighted by Gasteiger charge is 2.32. The maximum absolute atomic E-state index is 12.8. The Morgan fingerprint density at radius 2 is 1.17 bits per heavy atom. The lowest BCUT2D eigenvalue weighted by Gasteiger charge is -2.15. The minimum Gasteiger partial charge on any atom is -0.481 e. The van der Waals surface area contributed by atoms with Crippen molar-refractivity contribution in [1.29, 1.82) is 0 Å². The van der Waals surface area contributed by atoms with E-state index in [0.29, 0.717) is 18.4 Å². The molecule has 2 aromatic rings. The Bertz CT molecular complexity index is 1370. The van der Waals surface area contributed by atoms with Gasteiger partial charge in [-0.05, 0) is 41.9 Å². The number of alkyl halides is 3. The molecule has 270 valence electrons. The molecule has 2 rings (SSSR count). The Kier molecular flexibility index (Phi) is 19.3. The van der Waals surface area contributed by atoms with Gasteiger partial charge in [0.2, 0.25) is 0 Å². The first kappa shape index (κ1) is 43.8. The van der Waals surface area contributed by atoms with Crippen molar-refractivity contribution in [1.82, 2.24) is 0 Å². The summed E-state index contributed by atoms with van der Waals surface area (Å²) in [6.07, 6.45) is 7.39. The van der Waals surface area contributed by atoms with Gasteiger partial charge < -0.3 is 15.5 Å². The van der Waals surface area contributed by atoms with Crippen molar-refractivity contribution >= 4 is 69.9 Å². The van der Waals surface area contributed by atoms with Gasteiger partial charge in [0.15, 0.2) is 0 Å². The Hall–Kier alpha value is -2.20. The Morgan fingerprint density at radius 3 is 1.60 bits per heavy atom. The number of anilines is 1. The molecular formula is C35H46Cl4F3NO5. The molecule has 0 aliphatic carbocycles. The smallest absolute Gasteiger partial charge is 0.416 e. The van der Waals surface area contributed by atoms with Gasteiger partial charge in [0.05, 0.1) is 36.8 Å². The topological polar surface area (TPSA) is 104 Å². The van der Waals surface area contributed by atoms with E-state index in [-0.39, 0.29) is 15.7 Å². The van der Waals surface area contributed by atoms with Crippen LogP contribution in [0.25, 0.3) is 0 Å². The van der Waals surface area contributed by atoms with E-state index in [1.54, 1.807) is 0 Å². The highest BCUT2D eigenvalue weighted by atomic mass is 35.5. The number of rotatable bonds is 17. The molecule has 0 bridgehead atoms. The largest absolute Gasteiger partial charge is 0.481 e. The number of nitrogens with one attached hydrogen (secondary N) is 1. The molecule has 0 saturated heterocycles. The zero-order valence-electron chi connectivity index (χ0n) is 28.0. The van der Waals surface area contributed by atoms with E-state index in [1.807, 2.05) is 0 Å². The monoisotopic (exact) mass is 757 g/mol. The van der Waals surface area contributed by atoms with Crippen LogP contribution in [0.4, 0.5) is 18.9 Å². The molecule has 3 atom stereocenters. The summed E-state index contributed by atoms with van der Waals surface area (Å²) in [5.41, 5.74) is -2.60. The van der Waals surface area contributed by atoms with Crippen molar-refractivity contribution in [2.75, 3.05) is 5.32 Å². The number of carbonyl (C=O) groups excluding carboxylic acids is 1. The minimum absolute atomic E-state index is 0.237. The standard InChI is InChI=1S/C20H40O2.C15H6Cl4F3NO3/c1-16(2)9-6-10-17(3)11-7-12-18(4)13-8-14-19(5)15-20(21)22;16-9-7(8(14(25)26)10(17)12(19)11(9)18)13(24)23-6-3-1-2-5(4-6)15(20,21)22/h16-19H,6-15H2,1-5H3,(H,21,22);1-4H,(H,23,24)(H,25,26). The van der Waals surface area contributed by atoms with Crippen LogP contribution in [0.15, 0.2) is 24.3 Å². The summed E-state index contributed by atoms with van der Waals surface area (Å²) in [5, 5.41) is 18.4. The van der Waals surface area contributed by atoms with Crippen LogP contribution in [-0.2, 0) is 11.0 Å². The van der Waals surface area contributed by atoms with Crippen molar-refractivity contribution < 1.29 is 37.8 Å². The van der Waals surface area contributed by atoms with Crippen LogP contribution in [0.3, 0.4) is 0 Å². The van der Waals surface area contributed by atoms with E-state index in [4.69, 9.17) is 51.5 Å². The molecule has 1 amide bonds. The molecule has 0 fully saturated rings. The van der Waals surface area contributed by atoms with Gasteiger partial charge in [-0.3, -0.25) is 9.59 Å². The van der Waals surface area contributed by atoms with Crippen LogP contribution in [-0.4, -0.2) is 28.1 Å². The van der Waals surface area contributed by atoms with E-state index in [0.717, 1.165) is 36.3 Å². The molecule has 6 nitrogen and oxygen atoms in total. The lowest BCUT2D eigenvalue weighted by molar-refractivity contribution is -0.138. The fourth-order valence-corrected chi connectivity index (χ4v) is 6.22. The van der Waals surface area contributed by atoms with E-state index >= 15 is 0 Å². The summed E-state index contributed by atoms with van der Waals surface area (Å²) in [6.45, 7) is 11.4. The molecular weight excluding hydrogens is 713 g/mol. The second-order valence-corrected chi connectivity index (χ2v) is 14.5. The number of amides is 1. The average Bonchev–Trinajstić information content (AvgIpc) is 2.97. The maximum atomic E-state index is 12.8. The third-order valence-corrected chi connectivity index (χ3v) is 9.75. The summed E-state index contributed by atoms with van der Waals surface area (Å²) < 4.78 is 38.3. The SMILES string of the molecule is CC(C)CCCC(C)CCCC(C)CCCC(C)CC(=O)O.O=C(O)c1c(Cl)c(Cl)c(Cl)c(Cl)c1C(=O)Nc1cccc(C(F)(F)F)c1. The summed E-state index contributed by atoms with van der Waals surface area (Å²) in [6, 6.07) is 3.73. The van der Waals surface area contributed by atoms with Gasteiger partial charge in [-0.2, -0.15) is 13.2 Å². The van der Waals surface area contributed by atoms with Gasteiger partial charge in [0, 0.05) is 12.1 Å². The molecule has 0 saturated carbocycles. The van der Waals surface area contributed by atoms with E-state index in [1.165, 1.54) is 57.4 Å². The normalized spacial score (nSPS) is 13.4. The third kappa shape index (κ3) is 15.6. The van der Waals surface area contributed by atoms with Crippen molar-refractivity contribution in [3.8, 4) is 0 Å². The van der Waals surface area contributed by atoms with Crippen LogP contribution in [0.1, 0.15) is 125 Å². The van der Waals surface area contributed by atoms with Crippen molar-refractivity contribution in [3.63, 3.8) is 0 Å². The van der Waals surface area contributed by atoms with Gasteiger partial charge in [-0.15, -0.1) is 0 Å². The number of hydrogen-bond donors (Lipinski definition) is 3. The second kappa shape index (κ2) is 21.1. The number of benzene rings is 2. The molecule has 13 heteroatoms. The lowest BCUT2D eigenvalue weighted by Crippen LogP contribution is -2.18. The fraction of sp³-hybridized carbons (Fsp3) is 0.571. The highest BCUT2D eigenvalue weighted by molar-refractivity contribution is 6.54. The molecule has 0 spiro atoms. The van der Waals surface area contributed by atoms with Crippen LogP contribution < -0.4 is 5.32 Å². The van der Waals surface area contributed by atoms with Gasteiger partial charge in [-0.1, -0.05) is 145 Å². The first-order valence-corrected chi connectivity index (χ1v) is 17.6. The number of carbonyl (C=O) groups is 3. The molecule has 0 aliphatic heterocycles. The van der Waals surface area contributed by atoms with E-state index in [2.05, 4.69) is 39.9 Å². The zero-order chi connectivity index (χ0) is 36.8. The van der Waals surface area contributed by atoms with Crippen molar-refractivity contribution in [3.05, 3.63) is 61.0 Å². The fourth-order valence-electron chi connectivity index (χ4n) is 5.21. The Labute approximate surface area is 301 Å². The Balaban J connectivity index is 0.000000488. The molecule has 48 heavy (non-hydrogen) atoms. The number of hydrogen-bond acceptors (Lipinski definition) is 3. The van der Waals surface area contributed by atoms with Gasteiger partial charge in [0.1, 0.15) is 0 Å². The number of carboxylic acid groups (broad SMARTS) is 2. The molecule has 0 heterocycles. The average molecular weight is 760 g/mol. The third-order valence-electron chi connectivity index (χ3n) is 7.94. The Morgan fingerprint density at radius 1 is 0.708 bits per heavy atom. The number of halogens is 7. The van der Waals surface area contributed by atoms with Crippen molar-refractivity contribution in [2.45, 2.75) is 105 Å².